The number of aliphatic carboxylic acids is 1. The molecule has 0 heterocycles. The topological polar surface area (TPSA) is 77.8 Å². The van der Waals surface area contributed by atoms with E-state index >= 15 is 0 Å². The van der Waals surface area contributed by atoms with Gasteiger partial charge in [0.15, 0.2) is 0 Å². The molecule has 0 bridgehead atoms. The molecule has 4 fully saturated rings. The molecule has 0 radical (unpaired) electrons. The van der Waals surface area contributed by atoms with Crippen LogP contribution in [0, 0.1) is 56.7 Å². The summed E-state index contributed by atoms with van der Waals surface area (Å²) in [6.45, 7) is 16.5. The number of hydrogen-bond acceptors (Lipinski definition) is 3. The van der Waals surface area contributed by atoms with Gasteiger partial charge in [0.2, 0.25) is 0 Å². The Hall–Kier alpha value is -0.870. The summed E-state index contributed by atoms with van der Waals surface area (Å²) < 4.78 is 0. The summed E-state index contributed by atoms with van der Waals surface area (Å²) in [6.07, 6.45) is 9.55. The van der Waals surface area contributed by atoms with Gasteiger partial charge in [0, 0.05) is 5.41 Å². The van der Waals surface area contributed by atoms with Gasteiger partial charge in [-0.25, -0.2) is 0 Å². The predicted octanol–water partition coefficient (Wildman–Crippen LogP) is 6.06. The van der Waals surface area contributed by atoms with Crippen LogP contribution in [0.15, 0.2) is 11.6 Å². The smallest absolute Gasteiger partial charge is 0.306 e. The molecule has 0 aromatic heterocycles. The van der Waals surface area contributed by atoms with E-state index in [0.717, 1.165) is 38.5 Å². The Labute approximate surface area is 206 Å². The maximum atomic E-state index is 12.2. The number of fused-ring (bicyclic) bond motifs is 7. The van der Waals surface area contributed by atoms with Crippen molar-refractivity contribution in [2.75, 3.05) is 0 Å². The number of rotatable bonds is 1. The third-order valence-corrected chi connectivity index (χ3v) is 13.4. The van der Waals surface area contributed by atoms with Gasteiger partial charge in [-0.15, -0.1) is 0 Å². The largest absolute Gasteiger partial charge is 0.481 e. The van der Waals surface area contributed by atoms with E-state index in [9.17, 15) is 20.1 Å². The molecule has 0 aromatic carbocycles. The highest BCUT2D eigenvalue weighted by Crippen LogP contribution is 2.75. The predicted molar refractivity (Wildman–Crippen MR) is 134 cm³/mol. The van der Waals surface area contributed by atoms with E-state index in [1.807, 2.05) is 0 Å². The Bertz CT molecular complexity index is 907. The standard InChI is InChI=1S/C30H48O4/c1-17-18(25(33)34)16-23(32)28(5)14-15-29(6)19(24(17)28)8-9-21-27(4)12-11-22(31)26(2,3)20(27)10-13-30(21,29)7/h8,17-18,20-24,31-32H,9-16H2,1-7H3,(H,33,34)/t17-,18+,20?,21?,22-,23-,24-,27-,28-,29+,30+/m0/s1. The number of aliphatic hydroxyl groups excluding tert-OH is 2. The molecular weight excluding hydrogens is 424 g/mol. The van der Waals surface area contributed by atoms with Crippen molar-refractivity contribution in [2.24, 2.45) is 56.7 Å². The Morgan fingerprint density at radius 2 is 1.56 bits per heavy atom. The van der Waals surface area contributed by atoms with E-state index in [4.69, 9.17) is 0 Å². The van der Waals surface area contributed by atoms with E-state index in [0.29, 0.717) is 18.3 Å². The SMILES string of the molecule is C[C@@H]1[C@H]2C3=CCC4[C@@]5(C)CC[C@H](O)C(C)(C)C5CC[C@@]4(C)[C@]3(C)CC[C@@]2(C)[C@@H](O)C[C@H]1C(=O)O. The third-order valence-electron chi connectivity index (χ3n) is 13.4. The molecule has 0 saturated heterocycles. The first-order valence-electron chi connectivity index (χ1n) is 13.9. The van der Waals surface area contributed by atoms with E-state index < -0.39 is 18.0 Å². The van der Waals surface area contributed by atoms with Crippen molar-refractivity contribution < 1.29 is 20.1 Å². The molecule has 5 aliphatic carbocycles. The first kappa shape index (κ1) is 24.8. The van der Waals surface area contributed by atoms with Gasteiger partial charge in [-0.1, -0.05) is 60.1 Å². The molecule has 0 aliphatic heterocycles. The fraction of sp³-hybridized carbons (Fsp3) is 0.900. The van der Waals surface area contributed by atoms with Crippen LogP contribution in [-0.4, -0.2) is 33.5 Å². The van der Waals surface area contributed by atoms with Crippen LogP contribution in [0.25, 0.3) is 0 Å². The van der Waals surface area contributed by atoms with Gasteiger partial charge in [0.1, 0.15) is 0 Å². The molecule has 4 heteroatoms. The Kier molecular flexibility index (Phi) is 5.36. The van der Waals surface area contributed by atoms with Crippen molar-refractivity contribution in [3.63, 3.8) is 0 Å². The van der Waals surface area contributed by atoms with Crippen molar-refractivity contribution in [1.29, 1.82) is 0 Å². The summed E-state index contributed by atoms with van der Waals surface area (Å²) >= 11 is 0. The summed E-state index contributed by atoms with van der Waals surface area (Å²) in [5.41, 5.74) is 1.57. The second-order valence-electron chi connectivity index (χ2n) is 14.7. The van der Waals surface area contributed by atoms with E-state index in [2.05, 4.69) is 54.5 Å². The Morgan fingerprint density at radius 1 is 0.882 bits per heavy atom. The van der Waals surface area contributed by atoms with Gasteiger partial charge in [-0.2, -0.15) is 0 Å². The van der Waals surface area contributed by atoms with Crippen molar-refractivity contribution in [2.45, 2.75) is 112 Å². The van der Waals surface area contributed by atoms with E-state index in [-0.39, 0.29) is 45.0 Å². The zero-order chi connectivity index (χ0) is 25.1. The molecule has 5 aliphatic rings. The highest BCUT2D eigenvalue weighted by Gasteiger charge is 2.69. The average Bonchev–Trinajstić information content (AvgIpc) is 2.74. The highest BCUT2D eigenvalue weighted by molar-refractivity contribution is 5.71. The summed E-state index contributed by atoms with van der Waals surface area (Å²) in [5.74, 6) is 0.0357. The molecule has 4 saturated carbocycles. The van der Waals surface area contributed by atoms with Gasteiger partial charge >= 0.3 is 5.97 Å². The Balaban J connectivity index is 1.60. The minimum absolute atomic E-state index is 0.0304. The third kappa shape index (κ3) is 2.82. The molecule has 11 atom stereocenters. The first-order chi connectivity index (χ1) is 15.6. The van der Waals surface area contributed by atoms with Crippen LogP contribution in [0.3, 0.4) is 0 Å². The molecule has 0 spiro atoms. The molecule has 4 nitrogen and oxygen atoms in total. The van der Waals surface area contributed by atoms with E-state index in [1.54, 1.807) is 0 Å². The monoisotopic (exact) mass is 472 g/mol. The number of carboxylic acid groups (broad SMARTS) is 1. The lowest BCUT2D eigenvalue weighted by Gasteiger charge is -2.71. The molecule has 2 unspecified atom stereocenters. The highest BCUT2D eigenvalue weighted by atomic mass is 16.4. The summed E-state index contributed by atoms with van der Waals surface area (Å²) in [5, 5.41) is 32.1. The van der Waals surface area contributed by atoms with Gasteiger partial charge in [0.05, 0.1) is 18.1 Å². The average molecular weight is 473 g/mol. The summed E-state index contributed by atoms with van der Waals surface area (Å²) in [6, 6.07) is 0. The first-order valence-corrected chi connectivity index (χ1v) is 13.9. The van der Waals surface area contributed by atoms with Crippen LogP contribution < -0.4 is 0 Å². The van der Waals surface area contributed by atoms with Crippen LogP contribution in [0.1, 0.15) is 99.8 Å². The molecular formula is C30H48O4. The zero-order valence-electron chi connectivity index (χ0n) is 22.5. The quantitative estimate of drug-likeness (QED) is 0.405. The van der Waals surface area contributed by atoms with Crippen molar-refractivity contribution in [3.05, 3.63) is 11.6 Å². The number of hydrogen-bond donors (Lipinski definition) is 3. The maximum absolute atomic E-state index is 12.2. The number of carbonyl (C=O) groups is 1. The maximum Gasteiger partial charge on any atom is 0.306 e. The second kappa shape index (κ2) is 7.34. The lowest BCUT2D eigenvalue weighted by molar-refractivity contribution is -0.209. The van der Waals surface area contributed by atoms with Crippen molar-refractivity contribution >= 4 is 5.97 Å². The molecule has 3 N–H and O–H groups in total. The van der Waals surface area contributed by atoms with Crippen molar-refractivity contribution in [3.8, 4) is 0 Å². The fourth-order valence-corrected chi connectivity index (χ4v) is 11.0. The van der Waals surface area contributed by atoms with Gasteiger partial charge in [-0.3, -0.25) is 4.79 Å². The molecule has 192 valence electrons. The zero-order valence-corrected chi connectivity index (χ0v) is 22.5. The van der Waals surface area contributed by atoms with Crippen LogP contribution in [-0.2, 0) is 4.79 Å². The lowest BCUT2D eigenvalue weighted by atomic mass is 9.33. The van der Waals surface area contributed by atoms with Crippen LogP contribution in [0.2, 0.25) is 0 Å². The molecule has 5 rings (SSSR count). The molecule has 0 amide bonds. The minimum atomic E-state index is -0.752. The summed E-state index contributed by atoms with van der Waals surface area (Å²) in [4.78, 5) is 12.2. The molecule has 0 aromatic rings. The van der Waals surface area contributed by atoms with Crippen molar-refractivity contribution in [1.82, 2.24) is 0 Å². The number of allylic oxidation sites excluding steroid dienone is 2. The van der Waals surface area contributed by atoms with Crippen LogP contribution in [0.4, 0.5) is 0 Å². The van der Waals surface area contributed by atoms with Crippen LogP contribution >= 0.6 is 0 Å². The molecule has 34 heavy (non-hydrogen) atoms. The normalized spacial score (nSPS) is 56.3. The Morgan fingerprint density at radius 3 is 2.21 bits per heavy atom. The van der Waals surface area contributed by atoms with Crippen LogP contribution in [0.5, 0.6) is 0 Å². The lowest BCUT2D eigenvalue weighted by Crippen LogP contribution is -2.65. The fourth-order valence-electron chi connectivity index (χ4n) is 11.0. The van der Waals surface area contributed by atoms with Gasteiger partial charge in [-0.05, 0) is 96.7 Å². The number of aliphatic hydroxyl groups is 2. The van der Waals surface area contributed by atoms with E-state index in [1.165, 1.54) is 12.0 Å². The van der Waals surface area contributed by atoms with Gasteiger partial charge in [0.25, 0.3) is 0 Å². The number of carboxylic acids is 1. The minimum Gasteiger partial charge on any atom is -0.481 e. The summed E-state index contributed by atoms with van der Waals surface area (Å²) in [7, 11) is 0. The second-order valence-corrected chi connectivity index (χ2v) is 14.7. The van der Waals surface area contributed by atoms with Gasteiger partial charge < -0.3 is 15.3 Å².